The number of carboxylic acid groups (broad SMARTS) is 1. The lowest BCUT2D eigenvalue weighted by Gasteiger charge is -2.38. The predicted octanol–water partition coefficient (Wildman–Crippen LogP) is 2.75. The van der Waals surface area contributed by atoms with E-state index in [1.807, 2.05) is 11.9 Å². The highest BCUT2D eigenvalue weighted by Crippen LogP contribution is 2.32. The van der Waals surface area contributed by atoms with Crippen molar-refractivity contribution in [1.29, 1.82) is 0 Å². The number of piperazine rings is 1. The monoisotopic (exact) mass is 536 g/mol. The van der Waals surface area contributed by atoms with Gasteiger partial charge in [-0.05, 0) is 18.5 Å². The molecule has 3 amide bonds. The molecule has 1 atom stereocenters. The first kappa shape index (κ1) is 27.4. The SMILES string of the molecule is CN1CCc2c(c(-c3cc(F)c(F)cc3F)nn2C(=O)NC(C(=O)N2CCN(C(=O)O)CC2)C(C)(C)C)C1. The Kier molecular flexibility index (Phi) is 7.42. The maximum absolute atomic E-state index is 14.7. The number of hydrogen-bond donors (Lipinski definition) is 2. The molecule has 0 aliphatic carbocycles. The molecule has 3 heterocycles. The molecule has 0 radical (unpaired) electrons. The van der Waals surface area contributed by atoms with Crippen molar-refractivity contribution in [1.82, 2.24) is 29.8 Å². The summed E-state index contributed by atoms with van der Waals surface area (Å²) >= 11 is 0. The Morgan fingerprint density at radius 3 is 2.18 bits per heavy atom. The number of fused-ring (bicyclic) bond motifs is 1. The normalized spacial score (nSPS) is 17.2. The summed E-state index contributed by atoms with van der Waals surface area (Å²) in [5, 5.41) is 16.3. The summed E-state index contributed by atoms with van der Waals surface area (Å²) in [6.45, 7) is 6.97. The maximum atomic E-state index is 14.7. The zero-order valence-electron chi connectivity index (χ0n) is 21.7. The molecular weight excluding hydrogens is 505 g/mol. The van der Waals surface area contributed by atoms with Gasteiger partial charge >= 0.3 is 12.1 Å². The molecule has 0 bridgehead atoms. The summed E-state index contributed by atoms with van der Waals surface area (Å²) in [7, 11) is 1.84. The first-order chi connectivity index (χ1) is 17.8. The van der Waals surface area contributed by atoms with Gasteiger partial charge in [0.25, 0.3) is 0 Å². The number of benzene rings is 1. The number of amides is 3. The summed E-state index contributed by atoms with van der Waals surface area (Å²) in [6.07, 6.45) is -0.664. The van der Waals surface area contributed by atoms with Crippen LogP contribution in [-0.4, -0.2) is 93.4 Å². The molecular formula is C25H31F3N6O4. The second-order valence-electron chi connectivity index (χ2n) is 10.8. The lowest BCUT2D eigenvalue weighted by Crippen LogP contribution is -2.59. The highest BCUT2D eigenvalue weighted by Gasteiger charge is 2.38. The molecule has 0 saturated carbocycles. The molecule has 13 heteroatoms. The van der Waals surface area contributed by atoms with Crippen LogP contribution in [0.4, 0.5) is 22.8 Å². The third-order valence-electron chi connectivity index (χ3n) is 6.95. The van der Waals surface area contributed by atoms with Crippen LogP contribution in [0.3, 0.4) is 0 Å². The number of rotatable bonds is 3. The second kappa shape index (κ2) is 10.3. The Balaban J connectivity index is 1.65. The van der Waals surface area contributed by atoms with E-state index in [0.29, 0.717) is 36.8 Å². The van der Waals surface area contributed by atoms with Gasteiger partial charge in [-0.25, -0.2) is 22.8 Å². The molecule has 1 aromatic heterocycles. The highest BCUT2D eigenvalue weighted by atomic mass is 19.2. The number of carbonyl (C=O) groups is 3. The third kappa shape index (κ3) is 5.33. The van der Waals surface area contributed by atoms with E-state index in [1.54, 1.807) is 20.8 Å². The topological polar surface area (TPSA) is 111 Å². The Hall–Kier alpha value is -3.61. The van der Waals surface area contributed by atoms with Gasteiger partial charge in [-0.3, -0.25) is 4.79 Å². The number of aromatic nitrogens is 2. The minimum Gasteiger partial charge on any atom is -0.465 e. The van der Waals surface area contributed by atoms with Crippen molar-refractivity contribution in [2.24, 2.45) is 5.41 Å². The average Bonchev–Trinajstić information content (AvgIpc) is 3.22. The fourth-order valence-corrected chi connectivity index (χ4v) is 4.78. The van der Waals surface area contributed by atoms with Crippen LogP contribution >= 0.6 is 0 Å². The first-order valence-corrected chi connectivity index (χ1v) is 12.3. The van der Waals surface area contributed by atoms with Crippen LogP contribution in [0.15, 0.2) is 12.1 Å². The van der Waals surface area contributed by atoms with E-state index in [-0.39, 0.29) is 43.3 Å². The van der Waals surface area contributed by atoms with E-state index in [9.17, 15) is 32.7 Å². The van der Waals surface area contributed by atoms with Crippen molar-refractivity contribution < 1.29 is 32.7 Å². The van der Waals surface area contributed by atoms with Crippen molar-refractivity contribution in [3.8, 4) is 11.3 Å². The largest absolute Gasteiger partial charge is 0.465 e. The summed E-state index contributed by atoms with van der Waals surface area (Å²) in [5.74, 6) is -3.93. The quantitative estimate of drug-likeness (QED) is 0.584. The number of halogens is 3. The summed E-state index contributed by atoms with van der Waals surface area (Å²) in [4.78, 5) is 42.9. The van der Waals surface area contributed by atoms with Gasteiger partial charge in [0.05, 0.1) is 5.69 Å². The zero-order valence-corrected chi connectivity index (χ0v) is 21.7. The molecule has 1 unspecified atom stereocenters. The molecule has 206 valence electrons. The Labute approximate surface area is 218 Å². The van der Waals surface area contributed by atoms with Crippen LogP contribution in [0.5, 0.6) is 0 Å². The van der Waals surface area contributed by atoms with Crippen molar-refractivity contribution in [2.75, 3.05) is 39.8 Å². The first-order valence-electron chi connectivity index (χ1n) is 12.3. The van der Waals surface area contributed by atoms with E-state index in [0.717, 1.165) is 10.7 Å². The minimum absolute atomic E-state index is 0.0292. The fourth-order valence-electron chi connectivity index (χ4n) is 4.78. The van der Waals surface area contributed by atoms with Gasteiger partial charge in [0, 0.05) is 62.9 Å². The second-order valence-corrected chi connectivity index (χ2v) is 10.8. The smallest absolute Gasteiger partial charge is 0.407 e. The number of hydrogen-bond acceptors (Lipinski definition) is 5. The molecule has 2 aliphatic rings. The van der Waals surface area contributed by atoms with Crippen LogP contribution in [0.25, 0.3) is 11.3 Å². The molecule has 2 N–H and O–H groups in total. The zero-order chi connectivity index (χ0) is 27.9. The van der Waals surface area contributed by atoms with Gasteiger partial charge in [-0.1, -0.05) is 20.8 Å². The molecule has 4 rings (SSSR count). The van der Waals surface area contributed by atoms with Crippen LogP contribution < -0.4 is 5.32 Å². The fraction of sp³-hybridized carbons (Fsp3) is 0.520. The third-order valence-corrected chi connectivity index (χ3v) is 6.95. The van der Waals surface area contributed by atoms with Gasteiger partial charge < -0.3 is 25.1 Å². The number of carbonyl (C=O) groups excluding carboxylic acids is 2. The Morgan fingerprint density at radius 1 is 0.974 bits per heavy atom. The summed E-state index contributed by atoms with van der Waals surface area (Å²) in [5.41, 5.74) is 0.0690. The lowest BCUT2D eigenvalue weighted by molar-refractivity contribution is -0.137. The van der Waals surface area contributed by atoms with Crippen molar-refractivity contribution in [3.63, 3.8) is 0 Å². The molecule has 1 fully saturated rings. The lowest BCUT2D eigenvalue weighted by atomic mass is 9.85. The number of nitrogens with one attached hydrogen (secondary N) is 1. The van der Waals surface area contributed by atoms with Gasteiger partial charge in [0.1, 0.15) is 17.6 Å². The maximum Gasteiger partial charge on any atom is 0.407 e. The van der Waals surface area contributed by atoms with Gasteiger partial charge in [0.2, 0.25) is 5.91 Å². The molecule has 10 nitrogen and oxygen atoms in total. The minimum atomic E-state index is -1.33. The Morgan fingerprint density at radius 2 is 1.58 bits per heavy atom. The molecule has 38 heavy (non-hydrogen) atoms. The van der Waals surface area contributed by atoms with Crippen molar-refractivity contribution in [2.45, 2.75) is 39.8 Å². The molecule has 1 aromatic carbocycles. The van der Waals surface area contributed by atoms with Crippen LogP contribution in [0.1, 0.15) is 32.0 Å². The Bertz CT molecular complexity index is 1270. The van der Waals surface area contributed by atoms with Crippen molar-refractivity contribution in [3.05, 3.63) is 40.8 Å². The summed E-state index contributed by atoms with van der Waals surface area (Å²) < 4.78 is 43.4. The molecule has 1 saturated heterocycles. The molecule has 2 aromatic rings. The van der Waals surface area contributed by atoms with E-state index in [4.69, 9.17) is 0 Å². The standard InChI is InChI=1S/C25H31F3N6O4/c1-25(2,3)21(22(35)32-7-9-33(10-8-32)24(37)38)29-23(36)34-19-5-6-31(4)13-15(19)20(30-34)14-11-17(27)18(28)12-16(14)26/h11-12,21H,5-10,13H2,1-4H3,(H,29,36)(H,37,38). The van der Waals surface area contributed by atoms with Gasteiger partial charge in [-0.2, -0.15) is 9.78 Å². The molecule has 0 spiro atoms. The van der Waals surface area contributed by atoms with Crippen molar-refractivity contribution >= 4 is 18.0 Å². The van der Waals surface area contributed by atoms with E-state index >= 15 is 0 Å². The van der Waals surface area contributed by atoms with Gasteiger partial charge in [-0.15, -0.1) is 0 Å². The number of likely N-dealkylation sites (N-methyl/N-ethyl adjacent to an activating group) is 1. The van der Waals surface area contributed by atoms with Gasteiger partial charge in [0.15, 0.2) is 11.6 Å². The predicted molar refractivity (Wildman–Crippen MR) is 131 cm³/mol. The van der Waals surface area contributed by atoms with Crippen LogP contribution in [0, 0.1) is 22.9 Å². The average molecular weight is 537 g/mol. The highest BCUT2D eigenvalue weighted by molar-refractivity contribution is 5.89. The van der Waals surface area contributed by atoms with E-state index in [2.05, 4.69) is 10.4 Å². The van der Waals surface area contributed by atoms with Crippen LogP contribution in [-0.2, 0) is 17.8 Å². The van der Waals surface area contributed by atoms with E-state index in [1.165, 1.54) is 9.80 Å². The molecule has 2 aliphatic heterocycles. The van der Waals surface area contributed by atoms with E-state index < -0.39 is 41.0 Å². The van der Waals surface area contributed by atoms with Crippen LogP contribution in [0.2, 0.25) is 0 Å². The summed E-state index contributed by atoms with van der Waals surface area (Å²) in [6, 6.07) is -0.512. The number of nitrogens with zero attached hydrogens (tertiary/aromatic N) is 5.